The van der Waals surface area contributed by atoms with Crippen LogP contribution in [0.15, 0.2) is 40.9 Å². The summed E-state index contributed by atoms with van der Waals surface area (Å²) >= 11 is 0. The van der Waals surface area contributed by atoms with Crippen LogP contribution in [0.5, 0.6) is 11.5 Å². The van der Waals surface area contributed by atoms with Crippen molar-refractivity contribution in [1.82, 2.24) is 20.1 Å². The number of aromatic nitrogens is 3. The molecule has 0 radical (unpaired) electrons. The number of alkyl halides is 2. The largest absolute Gasteiger partial charge is 0.493 e. The average molecular weight is 499 g/mol. The number of amides is 1. The molecule has 1 N–H and O–H groups in total. The maximum atomic E-state index is 13.3. The minimum atomic E-state index is -2.97. The Balaban J connectivity index is 1.60. The third kappa shape index (κ3) is 5.17. The van der Waals surface area contributed by atoms with Gasteiger partial charge in [-0.3, -0.25) is 4.79 Å². The standard InChI is InChI=1S/C26H28F2N4O4/c1-14(2)32-24-20(13-30-32)19(12-21(31-24)18-10-15(3)35-16(18)4)25(33)29-9-8-17-6-7-22(34-5)23(11-17)36-26(27)28/h6-7,10-14,26H,8-9H2,1-5H3,(H,29,33). The monoisotopic (exact) mass is 498 g/mol. The molecule has 3 heterocycles. The molecule has 0 bridgehead atoms. The number of benzene rings is 1. The molecule has 8 nitrogen and oxygen atoms in total. The van der Waals surface area contributed by atoms with Gasteiger partial charge in [0.1, 0.15) is 11.5 Å². The first-order chi connectivity index (χ1) is 17.2. The highest BCUT2D eigenvalue weighted by Crippen LogP contribution is 2.31. The molecule has 1 aromatic carbocycles. The molecule has 0 aliphatic heterocycles. The molecule has 0 saturated heterocycles. The number of methoxy groups -OCH3 is 1. The summed E-state index contributed by atoms with van der Waals surface area (Å²) in [6.07, 6.45) is 2.05. The van der Waals surface area contributed by atoms with Crippen LogP contribution in [0, 0.1) is 13.8 Å². The fourth-order valence-electron chi connectivity index (χ4n) is 4.09. The van der Waals surface area contributed by atoms with E-state index in [1.54, 1.807) is 29.1 Å². The Bertz CT molecular complexity index is 1390. The zero-order chi connectivity index (χ0) is 26.0. The van der Waals surface area contributed by atoms with Gasteiger partial charge < -0.3 is 19.2 Å². The zero-order valence-electron chi connectivity index (χ0n) is 20.8. The van der Waals surface area contributed by atoms with Crippen molar-refractivity contribution < 1.29 is 27.5 Å². The number of carbonyl (C=O) groups is 1. The highest BCUT2D eigenvalue weighted by Gasteiger charge is 2.20. The number of pyridine rings is 1. The fraction of sp³-hybridized carbons (Fsp3) is 0.346. The molecule has 4 aromatic rings. The second kappa shape index (κ2) is 10.3. The summed E-state index contributed by atoms with van der Waals surface area (Å²) in [7, 11) is 1.38. The molecular weight excluding hydrogens is 470 g/mol. The number of rotatable bonds is 9. The van der Waals surface area contributed by atoms with Crippen molar-refractivity contribution in [2.45, 2.75) is 46.8 Å². The van der Waals surface area contributed by atoms with E-state index in [2.05, 4.69) is 15.2 Å². The average Bonchev–Trinajstić information content (AvgIpc) is 3.40. The second-order valence-corrected chi connectivity index (χ2v) is 8.67. The van der Waals surface area contributed by atoms with Gasteiger partial charge in [0.15, 0.2) is 17.1 Å². The first-order valence-corrected chi connectivity index (χ1v) is 11.5. The number of aryl methyl sites for hydroxylation is 2. The smallest absolute Gasteiger partial charge is 0.387 e. The normalized spacial score (nSPS) is 11.5. The Hall–Kier alpha value is -3.95. The lowest BCUT2D eigenvalue weighted by Crippen LogP contribution is -2.26. The lowest BCUT2D eigenvalue weighted by molar-refractivity contribution is -0.0512. The van der Waals surface area contributed by atoms with Crippen LogP contribution in [0.25, 0.3) is 22.3 Å². The maximum absolute atomic E-state index is 13.3. The number of nitrogens with zero attached hydrogens (tertiary/aromatic N) is 3. The minimum absolute atomic E-state index is 0.0491. The van der Waals surface area contributed by atoms with E-state index in [-0.39, 0.29) is 30.0 Å². The SMILES string of the molecule is COc1ccc(CCNC(=O)c2cc(-c3cc(C)oc3C)nc3c2cnn3C(C)C)cc1OC(F)F. The third-order valence-corrected chi connectivity index (χ3v) is 5.76. The number of carbonyl (C=O) groups excluding carboxylic acids is 1. The van der Waals surface area contributed by atoms with Gasteiger partial charge in [0.25, 0.3) is 5.91 Å². The van der Waals surface area contributed by atoms with Gasteiger partial charge in [0, 0.05) is 18.2 Å². The van der Waals surface area contributed by atoms with Crippen LogP contribution in [0.2, 0.25) is 0 Å². The van der Waals surface area contributed by atoms with E-state index < -0.39 is 6.61 Å². The second-order valence-electron chi connectivity index (χ2n) is 8.67. The Morgan fingerprint density at radius 2 is 1.94 bits per heavy atom. The van der Waals surface area contributed by atoms with Gasteiger partial charge in [-0.15, -0.1) is 0 Å². The predicted molar refractivity (Wildman–Crippen MR) is 131 cm³/mol. The van der Waals surface area contributed by atoms with Crippen molar-refractivity contribution >= 4 is 16.9 Å². The summed E-state index contributed by atoms with van der Waals surface area (Å²) in [5.74, 6) is 1.33. The molecule has 1 amide bonds. The lowest BCUT2D eigenvalue weighted by atomic mass is 10.1. The van der Waals surface area contributed by atoms with E-state index >= 15 is 0 Å². The van der Waals surface area contributed by atoms with Gasteiger partial charge in [0.2, 0.25) is 0 Å². The molecule has 0 unspecified atom stereocenters. The predicted octanol–water partition coefficient (Wildman–Crippen LogP) is 5.47. The highest BCUT2D eigenvalue weighted by molar-refractivity contribution is 6.06. The number of hydrogen-bond acceptors (Lipinski definition) is 6. The Kier molecular flexibility index (Phi) is 7.23. The topological polar surface area (TPSA) is 91.4 Å². The van der Waals surface area contributed by atoms with E-state index in [1.807, 2.05) is 33.8 Å². The van der Waals surface area contributed by atoms with Crippen molar-refractivity contribution in [2.24, 2.45) is 0 Å². The van der Waals surface area contributed by atoms with Crippen LogP contribution >= 0.6 is 0 Å². The van der Waals surface area contributed by atoms with Crippen LogP contribution in [0.4, 0.5) is 8.78 Å². The number of nitrogens with one attached hydrogen (secondary N) is 1. The highest BCUT2D eigenvalue weighted by atomic mass is 19.3. The Morgan fingerprint density at radius 1 is 1.17 bits per heavy atom. The molecule has 4 rings (SSSR count). The molecule has 0 fully saturated rings. The molecule has 0 spiro atoms. The van der Waals surface area contributed by atoms with Gasteiger partial charge >= 0.3 is 6.61 Å². The number of halogens is 2. The summed E-state index contributed by atoms with van der Waals surface area (Å²) in [4.78, 5) is 18.1. The van der Waals surface area contributed by atoms with Crippen molar-refractivity contribution in [3.63, 3.8) is 0 Å². The van der Waals surface area contributed by atoms with Crippen LogP contribution < -0.4 is 14.8 Å². The number of ether oxygens (including phenoxy) is 2. The third-order valence-electron chi connectivity index (χ3n) is 5.76. The van der Waals surface area contributed by atoms with E-state index in [1.165, 1.54) is 13.2 Å². The first kappa shape index (κ1) is 25.2. The van der Waals surface area contributed by atoms with Crippen molar-refractivity contribution in [2.75, 3.05) is 13.7 Å². The quantitative estimate of drug-likeness (QED) is 0.329. The molecule has 0 atom stereocenters. The van der Waals surface area contributed by atoms with Gasteiger partial charge in [-0.2, -0.15) is 13.9 Å². The van der Waals surface area contributed by atoms with Gasteiger partial charge in [0.05, 0.1) is 30.0 Å². The Labute approximate surface area is 207 Å². The summed E-state index contributed by atoms with van der Waals surface area (Å²) in [6.45, 7) is 5.02. The van der Waals surface area contributed by atoms with Gasteiger partial charge in [-0.1, -0.05) is 6.07 Å². The molecule has 0 aliphatic rings. The Morgan fingerprint density at radius 3 is 2.58 bits per heavy atom. The van der Waals surface area contributed by atoms with E-state index in [0.29, 0.717) is 40.0 Å². The van der Waals surface area contributed by atoms with Crippen LogP contribution in [-0.4, -0.2) is 40.9 Å². The summed E-state index contributed by atoms with van der Waals surface area (Å²) in [6, 6.07) is 8.46. The lowest BCUT2D eigenvalue weighted by Gasteiger charge is -2.12. The van der Waals surface area contributed by atoms with E-state index in [9.17, 15) is 13.6 Å². The number of fused-ring (bicyclic) bond motifs is 1. The van der Waals surface area contributed by atoms with Crippen molar-refractivity contribution in [3.05, 3.63) is 59.2 Å². The van der Waals surface area contributed by atoms with Crippen LogP contribution in [0.1, 0.15) is 47.3 Å². The minimum Gasteiger partial charge on any atom is -0.493 e. The number of hydrogen-bond donors (Lipinski definition) is 1. The number of furan rings is 1. The van der Waals surface area contributed by atoms with Gasteiger partial charge in [-0.05, 0) is 63.9 Å². The maximum Gasteiger partial charge on any atom is 0.387 e. The summed E-state index contributed by atoms with van der Waals surface area (Å²) < 4.78 is 42.5. The van der Waals surface area contributed by atoms with Crippen molar-refractivity contribution in [1.29, 1.82) is 0 Å². The van der Waals surface area contributed by atoms with E-state index in [0.717, 1.165) is 11.3 Å². The molecule has 0 saturated carbocycles. The summed E-state index contributed by atoms with van der Waals surface area (Å²) in [5, 5.41) is 8.00. The zero-order valence-corrected chi connectivity index (χ0v) is 20.8. The summed E-state index contributed by atoms with van der Waals surface area (Å²) in [5.41, 5.74) is 3.19. The van der Waals surface area contributed by atoms with Crippen LogP contribution in [-0.2, 0) is 6.42 Å². The van der Waals surface area contributed by atoms with Gasteiger partial charge in [-0.25, -0.2) is 9.67 Å². The first-order valence-electron chi connectivity index (χ1n) is 11.5. The van der Waals surface area contributed by atoms with Crippen molar-refractivity contribution in [3.8, 4) is 22.8 Å². The van der Waals surface area contributed by atoms with Crippen LogP contribution in [0.3, 0.4) is 0 Å². The molecule has 10 heteroatoms. The fourth-order valence-corrected chi connectivity index (χ4v) is 4.09. The molecule has 3 aromatic heterocycles. The molecule has 36 heavy (non-hydrogen) atoms. The molecular formula is C26H28F2N4O4. The molecule has 190 valence electrons. The van der Waals surface area contributed by atoms with E-state index in [4.69, 9.17) is 14.1 Å². The molecule has 0 aliphatic carbocycles.